The van der Waals surface area contributed by atoms with Gasteiger partial charge in [0.15, 0.2) is 0 Å². The van der Waals surface area contributed by atoms with Gasteiger partial charge in [0.25, 0.3) is 0 Å². The first-order valence-corrected chi connectivity index (χ1v) is 9.18. The van der Waals surface area contributed by atoms with E-state index in [1.54, 1.807) is 0 Å². The van der Waals surface area contributed by atoms with E-state index in [0.29, 0.717) is 0 Å². The molecule has 0 fully saturated rings. The molecule has 0 aromatic rings. The van der Waals surface area contributed by atoms with Crippen LogP contribution in [0.2, 0.25) is 0 Å². The molecule has 0 aromatic heterocycles. The first kappa shape index (κ1) is 19.7. The molecule has 1 nitrogen and oxygen atoms in total. The van der Waals surface area contributed by atoms with Crippen LogP contribution in [0.4, 0.5) is 0 Å². The van der Waals surface area contributed by atoms with Gasteiger partial charge in [-0.25, -0.2) is 0 Å². The first-order valence-electron chi connectivity index (χ1n) is 9.18. The van der Waals surface area contributed by atoms with E-state index in [4.69, 9.17) is 5.73 Å². The Hall–Kier alpha value is -0.300. The molecule has 0 heterocycles. The van der Waals surface area contributed by atoms with Crippen molar-refractivity contribution in [1.82, 2.24) is 0 Å². The van der Waals surface area contributed by atoms with E-state index in [2.05, 4.69) is 13.5 Å². The van der Waals surface area contributed by atoms with Gasteiger partial charge in [0, 0.05) is 0 Å². The third kappa shape index (κ3) is 15.8. The van der Waals surface area contributed by atoms with E-state index < -0.39 is 0 Å². The van der Waals surface area contributed by atoms with Crippen LogP contribution < -0.4 is 5.73 Å². The van der Waals surface area contributed by atoms with Crippen LogP contribution in [0.3, 0.4) is 0 Å². The molecule has 0 spiro atoms. The summed E-state index contributed by atoms with van der Waals surface area (Å²) in [7, 11) is 0. The van der Waals surface area contributed by atoms with Crippen molar-refractivity contribution < 1.29 is 0 Å². The Morgan fingerprint density at radius 3 is 1.50 bits per heavy atom. The summed E-state index contributed by atoms with van der Waals surface area (Å²) in [6.45, 7) is 7.37. The molecule has 0 bridgehead atoms. The first-order chi connectivity index (χ1) is 9.81. The van der Waals surface area contributed by atoms with E-state index in [0.717, 1.165) is 6.54 Å². The van der Waals surface area contributed by atoms with Crippen molar-refractivity contribution in [2.45, 2.75) is 103 Å². The summed E-state index contributed by atoms with van der Waals surface area (Å²) in [5.74, 6) is 0. The lowest BCUT2D eigenvalue weighted by Crippen LogP contribution is -1.97. The molecule has 120 valence electrons. The van der Waals surface area contributed by atoms with Gasteiger partial charge in [0.1, 0.15) is 0 Å². The number of rotatable bonds is 16. The molecule has 0 radical (unpaired) electrons. The van der Waals surface area contributed by atoms with Gasteiger partial charge in [-0.2, -0.15) is 0 Å². The quantitative estimate of drug-likeness (QED) is 0.258. The lowest BCUT2D eigenvalue weighted by atomic mass is 10.0. The van der Waals surface area contributed by atoms with Crippen LogP contribution in [0.5, 0.6) is 0 Å². The van der Waals surface area contributed by atoms with Crippen molar-refractivity contribution in [3.8, 4) is 0 Å². The maximum atomic E-state index is 5.49. The van der Waals surface area contributed by atoms with Crippen LogP contribution in [0.15, 0.2) is 12.2 Å². The molecule has 0 atom stereocenters. The molecular formula is C19H39N. The average Bonchev–Trinajstić information content (AvgIpc) is 2.45. The van der Waals surface area contributed by atoms with Gasteiger partial charge < -0.3 is 5.73 Å². The fourth-order valence-electron chi connectivity index (χ4n) is 2.68. The number of allylic oxidation sites excluding steroid dienone is 1. The average molecular weight is 282 g/mol. The standard InChI is InChI=1S/C19H39N/c1-3-4-5-6-10-13-16-19(2)17-14-11-8-7-9-12-15-18-20/h2-18,20H2,1H3. The molecule has 20 heavy (non-hydrogen) atoms. The Balaban J connectivity index is 3.12. The van der Waals surface area contributed by atoms with Crippen molar-refractivity contribution in [2.24, 2.45) is 5.73 Å². The minimum atomic E-state index is 0.859. The number of unbranched alkanes of at least 4 members (excludes halogenated alkanes) is 11. The van der Waals surface area contributed by atoms with E-state index in [9.17, 15) is 0 Å². The lowest BCUT2D eigenvalue weighted by Gasteiger charge is -2.06. The van der Waals surface area contributed by atoms with Crippen LogP contribution in [-0.2, 0) is 0 Å². The summed E-state index contributed by atoms with van der Waals surface area (Å²) in [5.41, 5.74) is 6.98. The molecular weight excluding hydrogens is 242 g/mol. The molecule has 1 heteroatoms. The number of nitrogens with two attached hydrogens (primary N) is 1. The normalized spacial score (nSPS) is 10.9. The van der Waals surface area contributed by atoms with Crippen LogP contribution in [0.25, 0.3) is 0 Å². The molecule has 0 aromatic carbocycles. The Morgan fingerprint density at radius 2 is 1.05 bits per heavy atom. The van der Waals surface area contributed by atoms with Crippen molar-refractivity contribution in [3.05, 3.63) is 12.2 Å². The predicted octanol–water partition coefficient (Wildman–Crippen LogP) is 6.37. The largest absolute Gasteiger partial charge is 0.330 e. The second-order valence-corrected chi connectivity index (χ2v) is 6.28. The van der Waals surface area contributed by atoms with Crippen LogP contribution >= 0.6 is 0 Å². The van der Waals surface area contributed by atoms with Crippen LogP contribution in [0.1, 0.15) is 103 Å². The second-order valence-electron chi connectivity index (χ2n) is 6.28. The molecule has 0 aliphatic heterocycles. The fourth-order valence-corrected chi connectivity index (χ4v) is 2.68. The molecule has 0 saturated heterocycles. The van der Waals surface area contributed by atoms with Gasteiger partial charge in [-0.05, 0) is 38.6 Å². The molecule has 0 amide bonds. The molecule has 0 aliphatic carbocycles. The van der Waals surface area contributed by atoms with E-state index >= 15 is 0 Å². The minimum Gasteiger partial charge on any atom is -0.330 e. The summed E-state index contributed by atoms with van der Waals surface area (Å²) < 4.78 is 0. The molecule has 0 saturated carbocycles. The Morgan fingerprint density at radius 1 is 0.650 bits per heavy atom. The van der Waals surface area contributed by atoms with Gasteiger partial charge in [0.05, 0.1) is 0 Å². The third-order valence-corrected chi connectivity index (χ3v) is 4.12. The van der Waals surface area contributed by atoms with Crippen molar-refractivity contribution in [1.29, 1.82) is 0 Å². The summed E-state index contributed by atoms with van der Waals surface area (Å²) >= 11 is 0. The summed E-state index contributed by atoms with van der Waals surface area (Å²) in [4.78, 5) is 0. The Labute approximate surface area is 128 Å². The lowest BCUT2D eigenvalue weighted by molar-refractivity contribution is 0.571. The maximum absolute atomic E-state index is 5.49. The molecule has 0 aliphatic rings. The summed E-state index contributed by atoms with van der Waals surface area (Å²) in [6.07, 6.45) is 20.3. The van der Waals surface area contributed by atoms with Crippen molar-refractivity contribution in [2.75, 3.05) is 6.54 Å². The highest BCUT2D eigenvalue weighted by Gasteiger charge is 1.97. The Kier molecular flexibility index (Phi) is 16.5. The minimum absolute atomic E-state index is 0.859. The summed E-state index contributed by atoms with van der Waals surface area (Å²) in [5, 5.41) is 0. The highest BCUT2D eigenvalue weighted by molar-refractivity contribution is 4.93. The molecule has 2 N–H and O–H groups in total. The topological polar surface area (TPSA) is 26.0 Å². The number of hydrogen-bond donors (Lipinski definition) is 1. The fraction of sp³-hybridized carbons (Fsp3) is 0.895. The van der Waals surface area contributed by atoms with E-state index in [1.165, 1.54) is 102 Å². The molecule has 0 unspecified atom stereocenters. The Bertz CT molecular complexity index is 198. The highest BCUT2D eigenvalue weighted by atomic mass is 14.5. The van der Waals surface area contributed by atoms with Crippen molar-refractivity contribution >= 4 is 0 Å². The van der Waals surface area contributed by atoms with Gasteiger partial charge in [0.2, 0.25) is 0 Å². The third-order valence-electron chi connectivity index (χ3n) is 4.12. The highest BCUT2D eigenvalue weighted by Crippen LogP contribution is 2.16. The van der Waals surface area contributed by atoms with Crippen LogP contribution in [-0.4, -0.2) is 6.54 Å². The van der Waals surface area contributed by atoms with E-state index in [-0.39, 0.29) is 0 Å². The number of hydrogen-bond acceptors (Lipinski definition) is 1. The maximum Gasteiger partial charge on any atom is -0.00773 e. The van der Waals surface area contributed by atoms with Gasteiger partial charge in [-0.15, -0.1) is 0 Å². The smallest absolute Gasteiger partial charge is 0.00773 e. The van der Waals surface area contributed by atoms with Crippen molar-refractivity contribution in [3.63, 3.8) is 0 Å². The zero-order valence-corrected chi connectivity index (χ0v) is 14.1. The summed E-state index contributed by atoms with van der Waals surface area (Å²) in [6, 6.07) is 0. The molecule has 0 rings (SSSR count). The van der Waals surface area contributed by atoms with E-state index in [1.807, 2.05) is 0 Å². The zero-order valence-electron chi connectivity index (χ0n) is 14.1. The monoisotopic (exact) mass is 281 g/mol. The SMILES string of the molecule is C=C(CCCCCCCC)CCCCCCCCCN. The zero-order chi connectivity index (χ0) is 14.9. The predicted molar refractivity (Wildman–Crippen MR) is 93.1 cm³/mol. The second kappa shape index (κ2) is 16.8. The van der Waals surface area contributed by atoms with Gasteiger partial charge >= 0.3 is 0 Å². The van der Waals surface area contributed by atoms with Gasteiger partial charge in [-0.1, -0.05) is 83.3 Å². The van der Waals surface area contributed by atoms with Gasteiger partial charge in [-0.3, -0.25) is 0 Å². The van der Waals surface area contributed by atoms with Crippen LogP contribution in [0, 0.1) is 0 Å².